The summed E-state index contributed by atoms with van der Waals surface area (Å²) >= 11 is 0. The van der Waals surface area contributed by atoms with E-state index in [1.807, 2.05) is 45.0 Å². The maximum Gasteiger partial charge on any atom is 0.286 e. The molecule has 4 fully saturated rings. The zero-order chi connectivity index (χ0) is 21.1. The largest absolute Gasteiger partial charge is 0.456 e. The molecule has 1 amide bonds. The van der Waals surface area contributed by atoms with Gasteiger partial charge in [0.15, 0.2) is 11.4 Å². The van der Waals surface area contributed by atoms with Gasteiger partial charge in [0.2, 0.25) is 12.1 Å². The van der Waals surface area contributed by atoms with E-state index < -0.39 is 17.7 Å². The number of benzene rings is 1. The average molecular weight is 414 g/mol. The number of hydrogen-bond donors (Lipinski definition) is 1. The highest BCUT2D eigenvalue weighted by Crippen LogP contribution is 2.60. The molecular formula is C24H31NO5. The molecule has 162 valence electrons. The summed E-state index contributed by atoms with van der Waals surface area (Å²) in [5.74, 6) is 0.137. The van der Waals surface area contributed by atoms with Crippen molar-refractivity contribution in [2.75, 3.05) is 0 Å². The lowest BCUT2D eigenvalue weighted by Crippen LogP contribution is -2.67. The molecule has 6 heteroatoms. The molecule has 4 aliphatic heterocycles. The number of carbonyl (C=O) groups is 1. The van der Waals surface area contributed by atoms with Gasteiger partial charge in [0.05, 0.1) is 0 Å². The van der Waals surface area contributed by atoms with E-state index in [2.05, 4.69) is 12.2 Å². The number of ether oxygens (including phenoxy) is 2. The van der Waals surface area contributed by atoms with Crippen LogP contribution in [0, 0.1) is 24.7 Å². The Kier molecular flexibility index (Phi) is 4.73. The van der Waals surface area contributed by atoms with Gasteiger partial charge in [-0.15, -0.1) is 0 Å². The van der Waals surface area contributed by atoms with E-state index in [9.17, 15) is 4.79 Å². The molecule has 0 unspecified atom stereocenters. The normalized spacial score (nSPS) is 39.7. The summed E-state index contributed by atoms with van der Waals surface area (Å²) in [6.45, 7) is 8.67. The number of hydrogen-bond acceptors (Lipinski definition) is 5. The van der Waals surface area contributed by atoms with Gasteiger partial charge in [-0.1, -0.05) is 36.8 Å². The molecule has 2 bridgehead atoms. The molecule has 6 nitrogen and oxygen atoms in total. The third-order valence-electron chi connectivity index (χ3n) is 7.60. The predicted molar refractivity (Wildman–Crippen MR) is 110 cm³/mol. The first-order valence-corrected chi connectivity index (χ1v) is 11.1. The van der Waals surface area contributed by atoms with Crippen LogP contribution in [0.5, 0.6) is 0 Å². The van der Waals surface area contributed by atoms with Crippen molar-refractivity contribution in [3.05, 3.63) is 46.7 Å². The SMILES string of the molecule is CC1=C(C(=O)NCc2ccc(C)cc2)O[C@@H]2O[C@@]3(C)CC[C@H]4[C@H](C)CC[C@@H]1[C@@]24OO3. The van der Waals surface area contributed by atoms with Crippen LogP contribution in [0.1, 0.15) is 57.6 Å². The van der Waals surface area contributed by atoms with Crippen LogP contribution in [0.15, 0.2) is 35.6 Å². The van der Waals surface area contributed by atoms with Gasteiger partial charge < -0.3 is 14.8 Å². The number of fused-ring (bicyclic) bond motifs is 2. The van der Waals surface area contributed by atoms with Gasteiger partial charge in [-0.25, -0.2) is 9.78 Å². The highest BCUT2D eigenvalue weighted by atomic mass is 17.3. The molecule has 1 aromatic rings. The van der Waals surface area contributed by atoms with Gasteiger partial charge >= 0.3 is 0 Å². The minimum absolute atomic E-state index is 0.0419. The summed E-state index contributed by atoms with van der Waals surface area (Å²) in [6, 6.07) is 8.15. The van der Waals surface area contributed by atoms with Crippen LogP contribution >= 0.6 is 0 Å². The van der Waals surface area contributed by atoms with E-state index in [0.717, 1.165) is 36.8 Å². The molecule has 0 radical (unpaired) electrons. The minimum Gasteiger partial charge on any atom is -0.456 e. The second-order valence-electron chi connectivity index (χ2n) is 9.65. The van der Waals surface area contributed by atoms with E-state index in [1.165, 1.54) is 5.56 Å². The molecule has 1 N–H and O–H groups in total. The Balaban J connectivity index is 1.44. The van der Waals surface area contributed by atoms with E-state index in [0.29, 0.717) is 18.2 Å². The summed E-state index contributed by atoms with van der Waals surface area (Å²) in [6.07, 6.45) is 3.11. The van der Waals surface area contributed by atoms with E-state index in [4.69, 9.17) is 19.2 Å². The highest BCUT2D eigenvalue weighted by molar-refractivity contribution is 5.92. The van der Waals surface area contributed by atoms with Crippen LogP contribution < -0.4 is 5.32 Å². The molecule has 6 atom stereocenters. The van der Waals surface area contributed by atoms with Crippen molar-refractivity contribution in [2.24, 2.45) is 17.8 Å². The highest BCUT2D eigenvalue weighted by Gasteiger charge is 2.68. The van der Waals surface area contributed by atoms with Gasteiger partial charge in [0, 0.05) is 24.8 Å². The Hall–Kier alpha value is -1.89. The second kappa shape index (κ2) is 7.08. The van der Waals surface area contributed by atoms with Gasteiger partial charge in [-0.2, -0.15) is 0 Å². The zero-order valence-electron chi connectivity index (χ0n) is 18.2. The van der Waals surface area contributed by atoms with Gasteiger partial charge in [-0.3, -0.25) is 4.79 Å². The van der Waals surface area contributed by atoms with Crippen molar-refractivity contribution >= 4 is 5.91 Å². The first-order chi connectivity index (χ1) is 14.3. The van der Waals surface area contributed by atoms with Crippen molar-refractivity contribution in [3.8, 4) is 0 Å². The lowest BCUT2D eigenvalue weighted by atomic mass is 9.59. The number of aryl methyl sites for hydroxylation is 1. The lowest BCUT2D eigenvalue weighted by Gasteiger charge is -2.57. The smallest absolute Gasteiger partial charge is 0.286 e. The summed E-state index contributed by atoms with van der Waals surface area (Å²) in [7, 11) is 0. The summed E-state index contributed by atoms with van der Waals surface area (Å²) in [5, 5.41) is 3.01. The molecule has 5 aliphatic rings. The van der Waals surface area contributed by atoms with E-state index >= 15 is 0 Å². The Morgan fingerprint density at radius 3 is 2.67 bits per heavy atom. The van der Waals surface area contributed by atoms with Crippen molar-refractivity contribution < 1.29 is 24.0 Å². The quantitative estimate of drug-likeness (QED) is 0.755. The Bertz CT molecular complexity index is 880. The van der Waals surface area contributed by atoms with E-state index in [1.54, 1.807) is 0 Å². The van der Waals surface area contributed by atoms with Crippen LogP contribution in [0.3, 0.4) is 0 Å². The van der Waals surface area contributed by atoms with Gasteiger partial charge in [0.1, 0.15) is 0 Å². The number of rotatable bonds is 3. The zero-order valence-corrected chi connectivity index (χ0v) is 18.2. The first kappa shape index (κ1) is 20.0. The number of nitrogens with one attached hydrogen (secondary N) is 1. The molecule has 1 aliphatic carbocycles. The molecule has 4 heterocycles. The summed E-state index contributed by atoms with van der Waals surface area (Å²) in [4.78, 5) is 25.0. The monoisotopic (exact) mass is 413 g/mol. The van der Waals surface area contributed by atoms with Crippen molar-refractivity contribution in [2.45, 2.75) is 77.6 Å². The maximum atomic E-state index is 13.1. The van der Waals surface area contributed by atoms with Crippen molar-refractivity contribution in [1.82, 2.24) is 5.32 Å². The van der Waals surface area contributed by atoms with Crippen LogP contribution in [-0.4, -0.2) is 23.6 Å². The van der Waals surface area contributed by atoms with Crippen LogP contribution in [0.4, 0.5) is 0 Å². The summed E-state index contributed by atoms with van der Waals surface area (Å²) in [5.41, 5.74) is 2.50. The topological polar surface area (TPSA) is 66.0 Å². The van der Waals surface area contributed by atoms with Crippen LogP contribution in [-0.2, 0) is 30.6 Å². The third kappa shape index (κ3) is 3.00. The molecule has 0 aromatic heterocycles. The van der Waals surface area contributed by atoms with Crippen molar-refractivity contribution in [1.29, 1.82) is 0 Å². The number of amides is 1. The molecule has 3 saturated heterocycles. The minimum atomic E-state index is -0.841. The Morgan fingerprint density at radius 1 is 1.13 bits per heavy atom. The molecule has 1 spiro atoms. The second-order valence-corrected chi connectivity index (χ2v) is 9.65. The molecular weight excluding hydrogens is 382 g/mol. The summed E-state index contributed by atoms with van der Waals surface area (Å²) < 4.78 is 12.6. The lowest BCUT2D eigenvalue weighted by molar-refractivity contribution is -0.555. The number of carbonyl (C=O) groups excluding carboxylic acids is 1. The average Bonchev–Trinajstić information content (AvgIpc) is 2.96. The molecule has 6 rings (SSSR count). The van der Waals surface area contributed by atoms with Crippen LogP contribution in [0.25, 0.3) is 0 Å². The first-order valence-electron chi connectivity index (χ1n) is 11.1. The van der Waals surface area contributed by atoms with Crippen molar-refractivity contribution in [3.63, 3.8) is 0 Å². The standard InChI is InChI=1S/C24H31NO5/c1-14-5-8-17(9-6-14)13-25-21(26)20-16(3)19-10-7-15(2)18-11-12-23(4)28-22(27-20)24(18,19)30-29-23/h5-6,8-9,15,18-19,22H,7,10-13H2,1-4H3,(H,25,26)/t15-,18+,19+,22-,23-,24-/m1/s1. The third-order valence-corrected chi connectivity index (χ3v) is 7.60. The van der Waals surface area contributed by atoms with Gasteiger partial charge in [-0.05, 0) is 57.1 Å². The fourth-order valence-corrected chi connectivity index (χ4v) is 5.81. The maximum absolute atomic E-state index is 13.1. The molecule has 1 saturated carbocycles. The molecule has 1 aromatic carbocycles. The van der Waals surface area contributed by atoms with Crippen LogP contribution in [0.2, 0.25) is 0 Å². The molecule has 30 heavy (non-hydrogen) atoms. The van der Waals surface area contributed by atoms with E-state index in [-0.39, 0.29) is 17.7 Å². The van der Waals surface area contributed by atoms with Gasteiger partial charge in [0.25, 0.3) is 5.91 Å². The predicted octanol–water partition coefficient (Wildman–Crippen LogP) is 4.13. The fraction of sp³-hybridized carbons (Fsp3) is 0.625. The fourth-order valence-electron chi connectivity index (χ4n) is 5.81. The Labute approximate surface area is 177 Å². The Morgan fingerprint density at radius 2 is 1.90 bits per heavy atom.